The summed E-state index contributed by atoms with van der Waals surface area (Å²) in [6, 6.07) is 7.45. The van der Waals surface area contributed by atoms with E-state index in [1.54, 1.807) is 18.3 Å². The summed E-state index contributed by atoms with van der Waals surface area (Å²) in [6.07, 6.45) is 2.39. The Bertz CT molecular complexity index is 560. The molecule has 0 aliphatic heterocycles. The van der Waals surface area contributed by atoms with Gasteiger partial charge in [-0.1, -0.05) is 18.5 Å². The first-order chi connectivity index (χ1) is 9.10. The molecule has 0 radical (unpaired) electrons. The molecule has 0 bridgehead atoms. The maximum atomic E-state index is 12.9. The highest BCUT2D eigenvalue weighted by Crippen LogP contribution is 2.29. The molecule has 0 amide bonds. The first-order valence-corrected chi connectivity index (χ1v) is 6.32. The summed E-state index contributed by atoms with van der Waals surface area (Å²) in [5.41, 5.74) is 6.68. The number of nitrogens with zero attached hydrogens (tertiary/aromatic N) is 1. The highest BCUT2D eigenvalue weighted by Gasteiger charge is 2.07. The summed E-state index contributed by atoms with van der Waals surface area (Å²) in [7, 11) is 0. The number of hydrogen-bond donors (Lipinski definition) is 1. The quantitative estimate of drug-likeness (QED) is 0.918. The van der Waals surface area contributed by atoms with Gasteiger partial charge in [-0.3, -0.25) is 4.98 Å². The van der Waals surface area contributed by atoms with Crippen LogP contribution in [-0.2, 0) is 0 Å². The Labute approximate surface area is 116 Å². The summed E-state index contributed by atoms with van der Waals surface area (Å²) in [5.74, 6) is 0.512. The van der Waals surface area contributed by atoms with Crippen LogP contribution in [0.3, 0.4) is 0 Å². The average molecular weight is 281 g/mol. The van der Waals surface area contributed by atoms with Gasteiger partial charge in [0, 0.05) is 6.04 Å². The van der Waals surface area contributed by atoms with Gasteiger partial charge in [-0.25, -0.2) is 4.39 Å². The number of halogens is 2. The summed E-state index contributed by atoms with van der Waals surface area (Å²) in [4.78, 5) is 4.23. The van der Waals surface area contributed by atoms with E-state index in [1.807, 2.05) is 6.92 Å². The van der Waals surface area contributed by atoms with Crippen molar-refractivity contribution in [2.75, 3.05) is 0 Å². The van der Waals surface area contributed by atoms with Gasteiger partial charge >= 0.3 is 0 Å². The van der Waals surface area contributed by atoms with E-state index in [0.29, 0.717) is 11.5 Å². The molecule has 2 rings (SSSR count). The van der Waals surface area contributed by atoms with Crippen molar-refractivity contribution in [3.8, 4) is 11.5 Å². The van der Waals surface area contributed by atoms with Gasteiger partial charge in [0.25, 0.3) is 0 Å². The van der Waals surface area contributed by atoms with E-state index in [1.165, 1.54) is 18.2 Å². The van der Waals surface area contributed by atoms with Gasteiger partial charge in [0.2, 0.25) is 0 Å². The maximum Gasteiger partial charge on any atom is 0.146 e. The zero-order valence-electron chi connectivity index (χ0n) is 10.4. The first kappa shape index (κ1) is 13.8. The molecule has 1 aromatic heterocycles. The van der Waals surface area contributed by atoms with E-state index in [2.05, 4.69) is 4.98 Å². The highest BCUT2D eigenvalue weighted by molar-refractivity contribution is 6.32. The highest BCUT2D eigenvalue weighted by atomic mass is 35.5. The van der Waals surface area contributed by atoms with Gasteiger partial charge in [0.15, 0.2) is 0 Å². The summed E-state index contributed by atoms with van der Waals surface area (Å²) in [6.45, 7) is 2.00. The van der Waals surface area contributed by atoms with Crippen LogP contribution in [0.25, 0.3) is 0 Å². The van der Waals surface area contributed by atoms with Crippen molar-refractivity contribution < 1.29 is 9.13 Å². The zero-order chi connectivity index (χ0) is 13.8. The van der Waals surface area contributed by atoms with Crippen molar-refractivity contribution in [3.05, 3.63) is 53.1 Å². The van der Waals surface area contributed by atoms with E-state index in [4.69, 9.17) is 22.1 Å². The monoisotopic (exact) mass is 280 g/mol. The van der Waals surface area contributed by atoms with Gasteiger partial charge < -0.3 is 10.5 Å². The van der Waals surface area contributed by atoms with Crippen LogP contribution in [0.5, 0.6) is 11.5 Å². The van der Waals surface area contributed by atoms with Crippen LogP contribution in [0.1, 0.15) is 25.1 Å². The summed E-state index contributed by atoms with van der Waals surface area (Å²) < 4.78 is 18.4. The van der Waals surface area contributed by atoms with E-state index in [0.717, 1.165) is 12.1 Å². The molecule has 0 fully saturated rings. The van der Waals surface area contributed by atoms with Crippen LogP contribution in [0.15, 0.2) is 36.5 Å². The van der Waals surface area contributed by atoms with Crippen LogP contribution in [-0.4, -0.2) is 4.98 Å². The molecule has 19 heavy (non-hydrogen) atoms. The van der Waals surface area contributed by atoms with Gasteiger partial charge in [-0.15, -0.1) is 0 Å². The van der Waals surface area contributed by atoms with Crippen LogP contribution >= 0.6 is 11.6 Å². The van der Waals surface area contributed by atoms with Crippen LogP contribution in [0, 0.1) is 5.82 Å². The Morgan fingerprint density at radius 3 is 2.74 bits per heavy atom. The number of ether oxygens (including phenoxy) is 1. The molecule has 2 N–H and O–H groups in total. The lowest BCUT2D eigenvalue weighted by molar-refractivity contribution is 0.477. The number of nitrogens with two attached hydrogens (primary N) is 1. The van der Waals surface area contributed by atoms with Crippen molar-refractivity contribution in [2.24, 2.45) is 5.73 Å². The lowest BCUT2D eigenvalue weighted by atomic mass is 10.1. The normalized spacial score (nSPS) is 12.2. The molecule has 1 atom stereocenters. The lowest BCUT2D eigenvalue weighted by Crippen LogP contribution is -2.10. The number of aromatic nitrogens is 1. The molecule has 0 saturated carbocycles. The second kappa shape index (κ2) is 5.99. The molecule has 1 heterocycles. The molecule has 2 aromatic rings. The Morgan fingerprint density at radius 2 is 2.16 bits per heavy atom. The average Bonchev–Trinajstić information content (AvgIpc) is 2.42. The lowest BCUT2D eigenvalue weighted by Gasteiger charge is -2.10. The van der Waals surface area contributed by atoms with Gasteiger partial charge in [-0.05, 0) is 36.8 Å². The van der Waals surface area contributed by atoms with Crippen LogP contribution < -0.4 is 10.5 Å². The topological polar surface area (TPSA) is 48.1 Å². The third-order valence-electron chi connectivity index (χ3n) is 2.70. The Morgan fingerprint density at radius 1 is 1.37 bits per heavy atom. The van der Waals surface area contributed by atoms with Crippen molar-refractivity contribution in [1.29, 1.82) is 0 Å². The minimum atomic E-state index is -0.403. The van der Waals surface area contributed by atoms with Crippen molar-refractivity contribution in [1.82, 2.24) is 4.98 Å². The largest absolute Gasteiger partial charge is 0.454 e. The first-order valence-electron chi connectivity index (χ1n) is 5.94. The molecule has 1 aromatic carbocycles. The molecule has 3 nitrogen and oxygen atoms in total. The van der Waals surface area contributed by atoms with Crippen LogP contribution in [0.4, 0.5) is 4.39 Å². The predicted molar refractivity (Wildman–Crippen MR) is 72.9 cm³/mol. The molecular weight excluding hydrogens is 267 g/mol. The standard InChI is InChI=1S/C14H14ClFN2O/c1-2-12(17)13-5-4-10(8-18-13)19-14-6-3-9(16)7-11(14)15/h3-8,12H,2,17H2,1H3/t12-/m0/s1. The van der Waals surface area contributed by atoms with E-state index >= 15 is 0 Å². The predicted octanol–water partition coefficient (Wildman–Crippen LogP) is 4.08. The van der Waals surface area contributed by atoms with Gasteiger partial charge in [0.05, 0.1) is 16.9 Å². The molecular formula is C14H14ClFN2O. The van der Waals surface area contributed by atoms with Gasteiger partial charge in [-0.2, -0.15) is 0 Å². The molecule has 0 saturated heterocycles. The fourth-order valence-corrected chi connectivity index (χ4v) is 1.77. The Balaban J connectivity index is 2.15. The fraction of sp³-hybridized carbons (Fsp3) is 0.214. The molecule has 0 spiro atoms. The minimum Gasteiger partial charge on any atom is -0.454 e. The SMILES string of the molecule is CC[C@H](N)c1ccc(Oc2ccc(F)cc2Cl)cn1. The number of hydrogen-bond acceptors (Lipinski definition) is 3. The third kappa shape index (κ3) is 3.43. The molecule has 0 aliphatic carbocycles. The number of rotatable bonds is 4. The van der Waals surface area contributed by atoms with E-state index in [-0.39, 0.29) is 11.1 Å². The fourth-order valence-electron chi connectivity index (χ4n) is 1.57. The van der Waals surface area contributed by atoms with Crippen LogP contribution in [0.2, 0.25) is 5.02 Å². The van der Waals surface area contributed by atoms with E-state index in [9.17, 15) is 4.39 Å². The second-order valence-corrected chi connectivity index (χ2v) is 4.52. The van der Waals surface area contributed by atoms with Gasteiger partial charge in [0.1, 0.15) is 17.3 Å². The molecule has 5 heteroatoms. The van der Waals surface area contributed by atoms with Crippen molar-refractivity contribution >= 4 is 11.6 Å². The smallest absolute Gasteiger partial charge is 0.146 e. The zero-order valence-corrected chi connectivity index (χ0v) is 11.2. The number of benzene rings is 1. The minimum absolute atomic E-state index is 0.0801. The van der Waals surface area contributed by atoms with E-state index < -0.39 is 5.82 Å². The Hall–Kier alpha value is -1.65. The summed E-state index contributed by atoms with van der Waals surface area (Å²) in [5, 5.41) is 0.217. The maximum absolute atomic E-state index is 12.9. The molecule has 0 aliphatic rings. The summed E-state index contributed by atoms with van der Waals surface area (Å²) >= 11 is 5.88. The second-order valence-electron chi connectivity index (χ2n) is 4.11. The van der Waals surface area contributed by atoms with Crippen molar-refractivity contribution in [3.63, 3.8) is 0 Å². The number of pyridine rings is 1. The third-order valence-corrected chi connectivity index (χ3v) is 3.00. The molecule has 0 unspecified atom stereocenters. The van der Waals surface area contributed by atoms with Crippen molar-refractivity contribution in [2.45, 2.75) is 19.4 Å². The Kier molecular flexibility index (Phi) is 4.35. The molecule has 100 valence electrons.